The molecule has 1 aliphatic carbocycles. The van der Waals surface area contributed by atoms with Crippen LogP contribution in [-0.2, 0) is 16.0 Å². The van der Waals surface area contributed by atoms with E-state index in [0.29, 0.717) is 13.0 Å². The molecule has 4 rings (SSSR count). The molecule has 2 aromatic rings. The molecule has 146 valence electrons. The van der Waals surface area contributed by atoms with Crippen molar-refractivity contribution in [3.63, 3.8) is 0 Å². The van der Waals surface area contributed by atoms with Crippen LogP contribution in [0.5, 0.6) is 0 Å². The fourth-order valence-corrected chi connectivity index (χ4v) is 4.52. The van der Waals surface area contributed by atoms with Gasteiger partial charge in [0.05, 0.1) is 5.41 Å². The van der Waals surface area contributed by atoms with Crippen LogP contribution < -0.4 is 5.32 Å². The number of amides is 2. The normalized spacial score (nSPS) is 22.0. The van der Waals surface area contributed by atoms with E-state index in [9.17, 15) is 9.59 Å². The molecule has 0 bridgehead atoms. The van der Waals surface area contributed by atoms with Crippen molar-refractivity contribution in [2.45, 2.75) is 32.1 Å². The largest absolute Gasteiger partial charge is 0.359 e. The van der Waals surface area contributed by atoms with E-state index in [2.05, 4.69) is 29.6 Å². The Hall–Kier alpha value is -2.62. The third kappa shape index (κ3) is 3.68. The Bertz CT molecular complexity index is 860. The zero-order valence-electron chi connectivity index (χ0n) is 16.5. The molecule has 1 saturated heterocycles. The lowest BCUT2D eigenvalue weighted by molar-refractivity contribution is -0.142. The minimum Gasteiger partial charge on any atom is -0.359 e. The zero-order valence-corrected chi connectivity index (χ0v) is 16.5. The van der Waals surface area contributed by atoms with Crippen LogP contribution >= 0.6 is 0 Å². The third-order valence-electron chi connectivity index (χ3n) is 6.15. The van der Waals surface area contributed by atoms with Gasteiger partial charge in [-0.1, -0.05) is 54.6 Å². The highest BCUT2D eigenvalue weighted by atomic mass is 16.2. The first kappa shape index (κ1) is 18.7. The fraction of sp³-hybridized carbons (Fsp3) is 0.417. The predicted octanol–water partition coefficient (Wildman–Crippen LogP) is 3.66. The smallest absolute Gasteiger partial charge is 0.228 e. The van der Waals surface area contributed by atoms with E-state index < -0.39 is 5.41 Å². The van der Waals surface area contributed by atoms with E-state index >= 15 is 0 Å². The Labute approximate surface area is 166 Å². The van der Waals surface area contributed by atoms with Crippen LogP contribution in [0.15, 0.2) is 54.6 Å². The second kappa shape index (κ2) is 7.78. The number of piperidine rings is 1. The SMILES string of the molecule is CNC(=O)C1(Cc2ccccc2-c2ccccc2)CCCN(C(=O)C2CC2)C1. The number of rotatable bonds is 5. The first-order valence-corrected chi connectivity index (χ1v) is 10.3. The highest BCUT2D eigenvalue weighted by Crippen LogP contribution is 2.39. The minimum atomic E-state index is -0.567. The first-order valence-electron chi connectivity index (χ1n) is 10.3. The van der Waals surface area contributed by atoms with Crippen molar-refractivity contribution in [1.82, 2.24) is 10.2 Å². The summed E-state index contributed by atoms with van der Waals surface area (Å²) in [5, 5.41) is 2.88. The van der Waals surface area contributed by atoms with Gasteiger partial charge in [0.25, 0.3) is 0 Å². The van der Waals surface area contributed by atoms with Crippen LogP contribution in [0.4, 0.5) is 0 Å². The second-order valence-electron chi connectivity index (χ2n) is 8.20. The molecule has 0 aromatic heterocycles. The topological polar surface area (TPSA) is 49.4 Å². The number of likely N-dealkylation sites (tertiary alicyclic amines) is 1. The molecule has 1 unspecified atom stereocenters. The van der Waals surface area contributed by atoms with Crippen molar-refractivity contribution in [3.8, 4) is 11.1 Å². The van der Waals surface area contributed by atoms with Gasteiger partial charge in [0, 0.05) is 26.1 Å². The lowest BCUT2D eigenvalue weighted by Gasteiger charge is -2.42. The standard InChI is InChI=1S/C24H28N2O2/c1-25-23(28)24(14-7-15-26(17-24)22(27)19-12-13-19)16-20-10-5-6-11-21(20)18-8-3-2-4-9-18/h2-6,8-11,19H,7,12-17H2,1H3,(H,25,28). The van der Waals surface area contributed by atoms with Crippen LogP contribution in [0, 0.1) is 11.3 Å². The van der Waals surface area contributed by atoms with Gasteiger partial charge in [0.15, 0.2) is 0 Å². The van der Waals surface area contributed by atoms with E-state index in [0.717, 1.165) is 48.9 Å². The number of nitrogens with zero attached hydrogens (tertiary/aromatic N) is 1. The van der Waals surface area contributed by atoms with Gasteiger partial charge in [0.1, 0.15) is 0 Å². The van der Waals surface area contributed by atoms with Crippen molar-refractivity contribution in [3.05, 3.63) is 60.2 Å². The molecule has 0 spiro atoms. The average molecular weight is 377 g/mol. The molecule has 2 amide bonds. The van der Waals surface area contributed by atoms with Crippen LogP contribution in [-0.4, -0.2) is 36.9 Å². The summed E-state index contributed by atoms with van der Waals surface area (Å²) in [6.07, 6.45) is 4.33. The molecule has 2 aromatic carbocycles. The van der Waals surface area contributed by atoms with E-state index in [4.69, 9.17) is 0 Å². The van der Waals surface area contributed by atoms with Crippen molar-refractivity contribution in [1.29, 1.82) is 0 Å². The lowest BCUT2D eigenvalue weighted by atomic mass is 9.73. The van der Waals surface area contributed by atoms with Gasteiger partial charge in [-0.25, -0.2) is 0 Å². The molecule has 4 nitrogen and oxygen atoms in total. The molecule has 1 atom stereocenters. The maximum absolute atomic E-state index is 13.0. The summed E-state index contributed by atoms with van der Waals surface area (Å²) in [4.78, 5) is 27.7. The summed E-state index contributed by atoms with van der Waals surface area (Å²) in [5.41, 5.74) is 2.92. The number of carbonyl (C=O) groups is 2. The van der Waals surface area contributed by atoms with Crippen molar-refractivity contribution < 1.29 is 9.59 Å². The van der Waals surface area contributed by atoms with Crippen molar-refractivity contribution in [2.75, 3.05) is 20.1 Å². The summed E-state index contributed by atoms with van der Waals surface area (Å²) >= 11 is 0. The molecule has 1 saturated carbocycles. The number of hydrogen-bond donors (Lipinski definition) is 1. The Kier molecular flexibility index (Phi) is 5.21. The highest BCUT2D eigenvalue weighted by molar-refractivity contribution is 5.86. The number of benzene rings is 2. The monoisotopic (exact) mass is 376 g/mol. The first-order chi connectivity index (χ1) is 13.6. The molecular weight excluding hydrogens is 348 g/mol. The maximum atomic E-state index is 13.0. The van der Waals surface area contributed by atoms with Gasteiger partial charge >= 0.3 is 0 Å². The third-order valence-corrected chi connectivity index (χ3v) is 6.15. The van der Waals surface area contributed by atoms with Gasteiger partial charge in [-0.3, -0.25) is 9.59 Å². The van der Waals surface area contributed by atoms with E-state index in [1.54, 1.807) is 7.05 Å². The molecule has 28 heavy (non-hydrogen) atoms. The summed E-state index contributed by atoms with van der Waals surface area (Å²) < 4.78 is 0. The molecule has 2 aliphatic rings. The van der Waals surface area contributed by atoms with Crippen LogP contribution in [0.1, 0.15) is 31.2 Å². The van der Waals surface area contributed by atoms with Crippen LogP contribution in [0.2, 0.25) is 0 Å². The summed E-state index contributed by atoms with van der Waals surface area (Å²) in [6, 6.07) is 18.6. The maximum Gasteiger partial charge on any atom is 0.228 e. The highest BCUT2D eigenvalue weighted by Gasteiger charge is 2.45. The predicted molar refractivity (Wildman–Crippen MR) is 111 cm³/mol. The van der Waals surface area contributed by atoms with Gasteiger partial charge in [-0.05, 0) is 48.8 Å². The van der Waals surface area contributed by atoms with Gasteiger partial charge < -0.3 is 10.2 Å². The summed E-state index contributed by atoms with van der Waals surface area (Å²) in [6.45, 7) is 1.29. The zero-order chi connectivity index (χ0) is 19.6. The quantitative estimate of drug-likeness (QED) is 0.866. The van der Waals surface area contributed by atoms with Crippen LogP contribution in [0.25, 0.3) is 11.1 Å². The van der Waals surface area contributed by atoms with E-state index in [-0.39, 0.29) is 17.7 Å². The number of nitrogens with one attached hydrogen (secondary N) is 1. The van der Waals surface area contributed by atoms with E-state index in [1.807, 2.05) is 35.2 Å². The molecule has 2 fully saturated rings. The molecule has 0 radical (unpaired) electrons. The number of hydrogen-bond acceptors (Lipinski definition) is 2. The molecule has 1 N–H and O–H groups in total. The Balaban J connectivity index is 1.66. The molecule has 4 heteroatoms. The van der Waals surface area contributed by atoms with E-state index in [1.165, 1.54) is 0 Å². The lowest BCUT2D eigenvalue weighted by Crippen LogP contribution is -2.54. The molecule has 1 heterocycles. The average Bonchev–Trinajstić information content (AvgIpc) is 3.59. The second-order valence-corrected chi connectivity index (χ2v) is 8.20. The van der Waals surface area contributed by atoms with Gasteiger partial charge in [0.2, 0.25) is 11.8 Å². The molecular formula is C24H28N2O2. The Morgan fingerprint density at radius 3 is 2.50 bits per heavy atom. The van der Waals surface area contributed by atoms with Crippen LogP contribution in [0.3, 0.4) is 0 Å². The molecule has 1 aliphatic heterocycles. The van der Waals surface area contributed by atoms with Gasteiger partial charge in [-0.15, -0.1) is 0 Å². The Morgan fingerprint density at radius 1 is 1.07 bits per heavy atom. The summed E-state index contributed by atoms with van der Waals surface area (Å²) in [7, 11) is 1.70. The van der Waals surface area contributed by atoms with Gasteiger partial charge in [-0.2, -0.15) is 0 Å². The fourth-order valence-electron chi connectivity index (χ4n) is 4.52. The summed E-state index contributed by atoms with van der Waals surface area (Å²) in [5.74, 6) is 0.477. The minimum absolute atomic E-state index is 0.0451. The number of carbonyl (C=O) groups excluding carboxylic acids is 2. The Morgan fingerprint density at radius 2 is 1.79 bits per heavy atom. The van der Waals surface area contributed by atoms with Crippen molar-refractivity contribution >= 4 is 11.8 Å². The van der Waals surface area contributed by atoms with Crippen molar-refractivity contribution in [2.24, 2.45) is 11.3 Å².